The fourth-order valence-corrected chi connectivity index (χ4v) is 5.46. The Morgan fingerprint density at radius 3 is 2.48 bits per heavy atom. The van der Waals surface area contributed by atoms with Crippen molar-refractivity contribution in [3.05, 3.63) is 64.7 Å². The van der Waals surface area contributed by atoms with Crippen molar-refractivity contribution in [2.75, 3.05) is 12.4 Å². The Labute approximate surface area is 175 Å². The molecule has 2 aliphatic carbocycles. The Morgan fingerprint density at radius 1 is 1.10 bits per heavy atom. The lowest BCUT2D eigenvalue weighted by Gasteiger charge is -2.46. The quantitative estimate of drug-likeness (QED) is 0.725. The molecule has 2 aromatic carbocycles. The highest BCUT2D eigenvalue weighted by molar-refractivity contribution is 6.30. The van der Waals surface area contributed by atoms with E-state index in [1.165, 1.54) is 7.11 Å². The van der Waals surface area contributed by atoms with Crippen LogP contribution in [-0.4, -0.2) is 29.7 Å². The molecule has 5 nitrogen and oxygen atoms in total. The van der Waals surface area contributed by atoms with Crippen molar-refractivity contribution >= 4 is 29.2 Å². The predicted octanol–water partition coefficient (Wildman–Crippen LogP) is 4.43. The summed E-state index contributed by atoms with van der Waals surface area (Å²) < 4.78 is 5.14. The van der Waals surface area contributed by atoms with Gasteiger partial charge in [0, 0.05) is 16.1 Å². The molecular formula is C23H24ClNO4. The summed E-state index contributed by atoms with van der Waals surface area (Å²) in [5.74, 6) is -1.57. The van der Waals surface area contributed by atoms with Crippen LogP contribution in [0.4, 0.5) is 5.69 Å². The average molecular weight is 414 g/mol. The minimum atomic E-state index is -0.898. The molecular weight excluding hydrogens is 390 g/mol. The molecule has 6 heteroatoms. The number of hydrogen-bond acceptors (Lipinski definition) is 4. The van der Waals surface area contributed by atoms with Gasteiger partial charge in [-0.05, 0) is 61.4 Å². The van der Waals surface area contributed by atoms with Crippen LogP contribution in [-0.2, 0) is 26.2 Å². The Bertz CT molecular complexity index is 949. The van der Waals surface area contributed by atoms with Gasteiger partial charge in [-0.1, -0.05) is 41.9 Å². The van der Waals surface area contributed by atoms with E-state index < -0.39 is 22.8 Å². The smallest absolute Gasteiger partial charge is 0.331 e. The SMILES string of the molecule is COC(=O)C1(Nc2cccc(Cl)c2)CCC2(CC1)c1ccccc1CC2C(=O)O. The van der Waals surface area contributed by atoms with E-state index in [1.54, 1.807) is 12.1 Å². The lowest BCUT2D eigenvalue weighted by molar-refractivity contribution is -0.149. The molecule has 0 amide bonds. The molecule has 1 atom stereocenters. The second kappa shape index (κ2) is 7.38. The molecule has 0 aliphatic heterocycles. The summed E-state index contributed by atoms with van der Waals surface area (Å²) >= 11 is 6.11. The zero-order chi connectivity index (χ0) is 20.6. The zero-order valence-corrected chi connectivity index (χ0v) is 17.0. The van der Waals surface area contributed by atoms with Gasteiger partial charge in [0.05, 0.1) is 13.0 Å². The highest BCUT2D eigenvalue weighted by Crippen LogP contribution is 2.54. The number of carbonyl (C=O) groups is 2. The summed E-state index contributed by atoms with van der Waals surface area (Å²) in [5, 5.41) is 13.9. The van der Waals surface area contributed by atoms with E-state index in [0.717, 1.165) is 16.8 Å². The minimum Gasteiger partial charge on any atom is -0.481 e. The first-order valence-corrected chi connectivity index (χ1v) is 10.2. The van der Waals surface area contributed by atoms with Gasteiger partial charge in [0.25, 0.3) is 0 Å². The number of benzene rings is 2. The van der Waals surface area contributed by atoms with Crippen LogP contribution in [0.25, 0.3) is 0 Å². The predicted molar refractivity (Wildman–Crippen MR) is 111 cm³/mol. The summed E-state index contributed by atoms with van der Waals surface area (Å²) in [6.07, 6.45) is 2.72. The number of ether oxygens (including phenoxy) is 1. The number of halogens is 1. The molecule has 1 unspecified atom stereocenters. The second-order valence-corrected chi connectivity index (χ2v) is 8.55. The van der Waals surface area contributed by atoms with Gasteiger partial charge >= 0.3 is 11.9 Å². The standard InChI is InChI=1S/C23H24ClNO4/c1-29-21(28)23(25-17-7-4-6-16(24)14-17)11-9-22(10-12-23)18-8-3-2-5-15(18)13-19(22)20(26)27/h2-8,14,19,25H,9-13H2,1H3,(H,26,27). The van der Waals surface area contributed by atoms with Crippen molar-refractivity contribution in [1.82, 2.24) is 0 Å². The van der Waals surface area contributed by atoms with Crippen LogP contribution in [0.15, 0.2) is 48.5 Å². The topological polar surface area (TPSA) is 75.6 Å². The number of aliphatic carboxylic acids is 1. The number of carboxylic acid groups (broad SMARTS) is 1. The zero-order valence-electron chi connectivity index (χ0n) is 16.3. The third-order valence-corrected chi connectivity index (χ3v) is 6.96. The highest BCUT2D eigenvalue weighted by Gasteiger charge is 2.56. The van der Waals surface area contributed by atoms with Gasteiger partial charge in [0.1, 0.15) is 5.54 Å². The molecule has 1 saturated carbocycles. The van der Waals surface area contributed by atoms with Crippen LogP contribution >= 0.6 is 11.6 Å². The largest absolute Gasteiger partial charge is 0.481 e. The van der Waals surface area contributed by atoms with Gasteiger partial charge in [0.2, 0.25) is 0 Å². The number of fused-ring (bicyclic) bond motifs is 2. The van der Waals surface area contributed by atoms with E-state index >= 15 is 0 Å². The highest BCUT2D eigenvalue weighted by atomic mass is 35.5. The van der Waals surface area contributed by atoms with Crippen molar-refractivity contribution in [2.24, 2.45) is 5.92 Å². The Balaban J connectivity index is 1.67. The number of carbonyl (C=O) groups excluding carboxylic acids is 1. The molecule has 0 bridgehead atoms. The van der Waals surface area contributed by atoms with Crippen molar-refractivity contribution < 1.29 is 19.4 Å². The maximum absolute atomic E-state index is 12.8. The Hall–Kier alpha value is -2.53. The van der Waals surface area contributed by atoms with Crippen LogP contribution in [0.3, 0.4) is 0 Å². The molecule has 1 spiro atoms. The second-order valence-electron chi connectivity index (χ2n) is 8.12. The molecule has 2 N–H and O–H groups in total. The maximum atomic E-state index is 12.8. The van der Waals surface area contributed by atoms with E-state index in [2.05, 4.69) is 5.32 Å². The number of nitrogens with one attached hydrogen (secondary N) is 1. The molecule has 0 radical (unpaired) electrons. The number of methoxy groups -OCH3 is 1. The van der Waals surface area contributed by atoms with Gasteiger partial charge in [0.15, 0.2) is 0 Å². The van der Waals surface area contributed by atoms with Crippen LogP contribution in [0.2, 0.25) is 5.02 Å². The normalized spacial score (nSPS) is 28.0. The number of rotatable bonds is 4. The molecule has 1 fully saturated rings. The first kappa shape index (κ1) is 19.8. The molecule has 4 rings (SSSR count). The summed E-state index contributed by atoms with van der Waals surface area (Å²) in [4.78, 5) is 24.9. The van der Waals surface area contributed by atoms with Crippen LogP contribution in [0.5, 0.6) is 0 Å². The average Bonchev–Trinajstić information content (AvgIpc) is 3.04. The van der Waals surface area contributed by atoms with Crippen molar-refractivity contribution in [1.29, 1.82) is 0 Å². The molecule has 2 aromatic rings. The van der Waals surface area contributed by atoms with Gasteiger partial charge in [-0.15, -0.1) is 0 Å². The lowest BCUT2D eigenvalue weighted by Crippen LogP contribution is -2.54. The van der Waals surface area contributed by atoms with Crippen LogP contribution < -0.4 is 5.32 Å². The van der Waals surface area contributed by atoms with Crippen LogP contribution in [0, 0.1) is 5.92 Å². The van der Waals surface area contributed by atoms with Gasteiger partial charge in [-0.25, -0.2) is 4.79 Å². The molecule has 2 aliphatic rings. The fraction of sp³-hybridized carbons (Fsp3) is 0.391. The van der Waals surface area contributed by atoms with E-state index in [1.807, 2.05) is 36.4 Å². The van der Waals surface area contributed by atoms with Crippen LogP contribution in [0.1, 0.15) is 36.8 Å². The van der Waals surface area contributed by atoms with E-state index in [-0.39, 0.29) is 5.97 Å². The third kappa shape index (κ3) is 3.27. The summed E-state index contributed by atoms with van der Waals surface area (Å²) in [7, 11) is 1.39. The summed E-state index contributed by atoms with van der Waals surface area (Å²) in [5.41, 5.74) is 1.63. The first-order valence-electron chi connectivity index (χ1n) is 9.84. The first-order chi connectivity index (χ1) is 13.9. The summed E-state index contributed by atoms with van der Waals surface area (Å²) in [6, 6.07) is 15.2. The number of esters is 1. The Morgan fingerprint density at radius 2 is 1.83 bits per heavy atom. The minimum absolute atomic E-state index is 0.328. The number of anilines is 1. The lowest BCUT2D eigenvalue weighted by atomic mass is 9.61. The van der Waals surface area contributed by atoms with Gasteiger partial charge in [-0.2, -0.15) is 0 Å². The molecule has 0 heterocycles. The van der Waals surface area contributed by atoms with E-state index in [4.69, 9.17) is 16.3 Å². The van der Waals surface area contributed by atoms with Gasteiger partial charge in [-0.3, -0.25) is 4.79 Å². The van der Waals surface area contributed by atoms with E-state index in [9.17, 15) is 14.7 Å². The number of hydrogen-bond donors (Lipinski definition) is 2. The summed E-state index contributed by atoms with van der Waals surface area (Å²) in [6.45, 7) is 0. The van der Waals surface area contributed by atoms with Crippen molar-refractivity contribution in [2.45, 2.75) is 43.1 Å². The van der Waals surface area contributed by atoms with Crippen molar-refractivity contribution in [3.8, 4) is 0 Å². The molecule has 152 valence electrons. The molecule has 0 saturated heterocycles. The molecule has 0 aromatic heterocycles. The van der Waals surface area contributed by atoms with E-state index in [0.29, 0.717) is 37.1 Å². The fourth-order valence-electron chi connectivity index (χ4n) is 5.27. The molecule has 29 heavy (non-hydrogen) atoms. The monoisotopic (exact) mass is 413 g/mol. The third-order valence-electron chi connectivity index (χ3n) is 6.72. The Kier molecular flexibility index (Phi) is 5.03. The maximum Gasteiger partial charge on any atom is 0.331 e. The van der Waals surface area contributed by atoms with Crippen molar-refractivity contribution in [3.63, 3.8) is 0 Å². The van der Waals surface area contributed by atoms with Gasteiger partial charge < -0.3 is 15.2 Å². The number of carboxylic acids is 1.